The van der Waals surface area contributed by atoms with Gasteiger partial charge in [-0.3, -0.25) is 9.59 Å². The molecule has 0 radical (unpaired) electrons. The van der Waals surface area contributed by atoms with Crippen LogP contribution in [0.25, 0.3) is 0 Å². The predicted octanol–water partition coefficient (Wildman–Crippen LogP) is 3.20. The maximum atomic E-state index is 12.2. The molecule has 6 heteroatoms. The first-order chi connectivity index (χ1) is 12.4. The minimum absolute atomic E-state index is 0.135. The SMILES string of the molecule is CO[C@](C)(CNC(=O)C(=O)N[C@@H](C)c1ccccc1)c1cccc(Cl)c1. The summed E-state index contributed by atoms with van der Waals surface area (Å²) in [4.78, 5) is 24.3. The van der Waals surface area contributed by atoms with E-state index in [1.54, 1.807) is 19.2 Å². The third-order valence-corrected chi connectivity index (χ3v) is 4.56. The van der Waals surface area contributed by atoms with Gasteiger partial charge in [0.25, 0.3) is 0 Å². The minimum Gasteiger partial charge on any atom is -0.372 e. The van der Waals surface area contributed by atoms with E-state index < -0.39 is 17.4 Å². The highest BCUT2D eigenvalue weighted by Gasteiger charge is 2.28. The quantitative estimate of drug-likeness (QED) is 0.763. The third-order valence-electron chi connectivity index (χ3n) is 4.33. The molecule has 0 saturated carbocycles. The number of amides is 2. The molecule has 0 heterocycles. The van der Waals surface area contributed by atoms with Crippen LogP contribution in [0.4, 0.5) is 0 Å². The summed E-state index contributed by atoms with van der Waals surface area (Å²) >= 11 is 6.03. The first-order valence-electron chi connectivity index (χ1n) is 8.30. The second-order valence-corrected chi connectivity index (χ2v) is 6.67. The number of hydrogen-bond acceptors (Lipinski definition) is 3. The number of ether oxygens (including phenoxy) is 1. The van der Waals surface area contributed by atoms with Gasteiger partial charge in [-0.1, -0.05) is 54.1 Å². The molecule has 2 atom stereocenters. The molecule has 138 valence electrons. The zero-order valence-corrected chi connectivity index (χ0v) is 15.8. The molecule has 2 aromatic carbocycles. The molecule has 0 bridgehead atoms. The van der Waals surface area contributed by atoms with Crippen molar-refractivity contribution in [2.75, 3.05) is 13.7 Å². The zero-order valence-electron chi connectivity index (χ0n) is 15.1. The number of halogens is 1. The van der Waals surface area contributed by atoms with Gasteiger partial charge in [-0.25, -0.2) is 0 Å². The Labute approximate surface area is 158 Å². The maximum absolute atomic E-state index is 12.2. The van der Waals surface area contributed by atoms with Crippen molar-refractivity contribution < 1.29 is 14.3 Å². The van der Waals surface area contributed by atoms with Crippen molar-refractivity contribution in [3.05, 3.63) is 70.7 Å². The van der Waals surface area contributed by atoms with Crippen LogP contribution in [0, 0.1) is 0 Å². The summed E-state index contributed by atoms with van der Waals surface area (Å²) in [6, 6.07) is 16.4. The van der Waals surface area contributed by atoms with Crippen molar-refractivity contribution in [3.8, 4) is 0 Å². The lowest BCUT2D eigenvalue weighted by Crippen LogP contribution is -2.46. The fraction of sp³-hybridized carbons (Fsp3) is 0.300. The van der Waals surface area contributed by atoms with Gasteiger partial charge >= 0.3 is 11.8 Å². The van der Waals surface area contributed by atoms with Crippen LogP contribution in [0.5, 0.6) is 0 Å². The Morgan fingerprint density at radius 2 is 1.81 bits per heavy atom. The highest BCUT2D eigenvalue weighted by Crippen LogP contribution is 2.26. The molecule has 0 spiro atoms. The van der Waals surface area contributed by atoms with E-state index in [1.165, 1.54) is 0 Å². The fourth-order valence-corrected chi connectivity index (χ4v) is 2.72. The Morgan fingerprint density at radius 1 is 1.12 bits per heavy atom. The Hall–Kier alpha value is -2.37. The molecule has 26 heavy (non-hydrogen) atoms. The zero-order chi connectivity index (χ0) is 19.2. The second kappa shape index (κ2) is 8.83. The molecule has 2 N–H and O–H groups in total. The number of carbonyl (C=O) groups excluding carboxylic acids is 2. The summed E-state index contributed by atoms with van der Waals surface area (Å²) in [6.07, 6.45) is 0. The molecule has 0 unspecified atom stereocenters. The Bertz CT molecular complexity index is 767. The predicted molar refractivity (Wildman–Crippen MR) is 102 cm³/mol. The molecule has 0 saturated heterocycles. The van der Waals surface area contributed by atoms with Gasteiger partial charge in [-0.15, -0.1) is 0 Å². The molecule has 0 aliphatic heterocycles. The molecule has 0 aliphatic carbocycles. The monoisotopic (exact) mass is 374 g/mol. The van der Waals surface area contributed by atoms with Crippen LogP contribution in [0.1, 0.15) is 31.0 Å². The topological polar surface area (TPSA) is 67.4 Å². The lowest BCUT2D eigenvalue weighted by atomic mass is 9.95. The van der Waals surface area contributed by atoms with Gasteiger partial charge in [-0.2, -0.15) is 0 Å². The van der Waals surface area contributed by atoms with Crippen molar-refractivity contribution in [1.82, 2.24) is 10.6 Å². The van der Waals surface area contributed by atoms with Crippen LogP contribution in [-0.2, 0) is 19.9 Å². The third kappa shape index (κ3) is 5.07. The van der Waals surface area contributed by atoms with E-state index in [0.29, 0.717) is 5.02 Å². The molecular formula is C20H23ClN2O3. The lowest BCUT2D eigenvalue weighted by molar-refractivity contribution is -0.140. The fourth-order valence-electron chi connectivity index (χ4n) is 2.53. The molecule has 0 fully saturated rings. The lowest BCUT2D eigenvalue weighted by Gasteiger charge is -2.29. The van der Waals surface area contributed by atoms with Crippen LogP contribution in [0.15, 0.2) is 54.6 Å². The highest BCUT2D eigenvalue weighted by molar-refractivity contribution is 6.35. The van der Waals surface area contributed by atoms with Crippen molar-refractivity contribution in [1.29, 1.82) is 0 Å². The Morgan fingerprint density at radius 3 is 2.42 bits per heavy atom. The molecular weight excluding hydrogens is 352 g/mol. The van der Waals surface area contributed by atoms with E-state index >= 15 is 0 Å². The number of hydrogen-bond donors (Lipinski definition) is 2. The van der Waals surface area contributed by atoms with Gasteiger partial charge < -0.3 is 15.4 Å². The van der Waals surface area contributed by atoms with E-state index in [0.717, 1.165) is 11.1 Å². The van der Waals surface area contributed by atoms with Gasteiger partial charge in [0.1, 0.15) is 5.60 Å². The summed E-state index contributed by atoms with van der Waals surface area (Å²) in [5.74, 6) is -1.40. The molecule has 2 rings (SSSR count). The number of carbonyl (C=O) groups is 2. The summed E-state index contributed by atoms with van der Waals surface area (Å²) < 4.78 is 5.55. The van der Waals surface area contributed by atoms with Crippen molar-refractivity contribution in [2.45, 2.75) is 25.5 Å². The number of methoxy groups -OCH3 is 1. The van der Waals surface area contributed by atoms with E-state index in [2.05, 4.69) is 10.6 Å². The Balaban J connectivity index is 1.96. The van der Waals surface area contributed by atoms with Gasteiger partial charge in [0.2, 0.25) is 0 Å². The highest BCUT2D eigenvalue weighted by atomic mass is 35.5. The second-order valence-electron chi connectivity index (χ2n) is 6.23. The van der Waals surface area contributed by atoms with E-state index in [-0.39, 0.29) is 12.6 Å². The minimum atomic E-state index is -0.800. The average molecular weight is 375 g/mol. The van der Waals surface area contributed by atoms with Gasteiger partial charge in [-0.05, 0) is 37.1 Å². The molecule has 0 aromatic heterocycles. The molecule has 2 aromatic rings. The number of nitrogens with one attached hydrogen (secondary N) is 2. The van der Waals surface area contributed by atoms with E-state index in [4.69, 9.17) is 16.3 Å². The van der Waals surface area contributed by atoms with Crippen LogP contribution in [-0.4, -0.2) is 25.5 Å². The average Bonchev–Trinajstić information content (AvgIpc) is 2.66. The summed E-state index contributed by atoms with van der Waals surface area (Å²) in [5, 5.41) is 5.89. The van der Waals surface area contributed by atoms with Crippen LogP contribution < -0.4 is 10.6 Å². The van der Waals surface area contributed by atoms with Crippen LogP contribution in [0.2, 0.25) is 5.02 Å². The molecule has 5 nitrogen and oxygen atoms in total. The number of benzene rings is 2. The van der Waals surface area contributed by atoms with Gasteiger partial charge in [0.05, 0.1) is 12.6 Å². The Kier molecular flexibility index (Phi) is 6.77. The first kappa shape index (κ1) is 19.9. The van der Waals surface area contributed by atoms with Gasteiger partial charge in [0, 0.05) is 12.1 Å². The maximum Gasteiger partial charge on any atom is 0.309 e. The van der Waals surface area contributed by atoms with Gasteiger partial charge in [0.15, 0.2) is 0 Å². The smallest absolute Gasteiger partial charge is 0.309 e. The number of rotatable bonds is 6. The normalized spacial score (nSPS) is 14.2. The van der Waals surface area contributed by atoms with E-state index in [1.807, 2.05) is 56.3 Å². The van der Waals surface area contributed by atoms with Crippen LogP contribution >= 0.6 is 11.6 Å². The standard InChI is InChI=1S/C20H23ClN2O3/c1-14(15-8-5-4-6-9-15)23-19(25)18(24)22-13-20(2,26-3)16-10-7-11-17(21)12-16/h4-12,14H,13H2,1-3H3,(H,22,24)(H,23,25)/t14-,20+/m0/s1. The summed E-state index contributed by atoms with van der Waals surface area (Å²) in [6.45, 7) is 3.78. The summed E-state index contributed by atoms with van der Waals surface area (Å²) in [5.41, 5.74) is 0.937. The van der Waals surface area contributed by atoms with E-state index in [9.17, 15) is 9.59 Å². The van der Waals surface area contributed by atoms with Crippen LogP contribution in [0.3, 0.4) is 0 Å². The summed E-state index contributed by atoms with van der Waals surface area (Å²) in [7, 11) is 1.55. The van der Waals surface area contributed by atoms with Crippen molar-refractivity contribution >= 4 is 23.4 Å². The van der Waals surface area contributed by atoms with Crippen molar-refractivity contribution in [2.24, 2.45) is 0 Å². The molecule has 2 amide bonds. The largest absolute Gasteiger partial charge is 0.372 e. The van der Waals surface area contributed by atoms with Crippen molar-refractivity contribution in [3.63, 3.8) is 0 Å². The first-order valence-corrected chi connectivity index (χ1v) is 8.68. The molecule has 0 aliphatic rings.